The van der Waals surface area contributed by atoms with Gasteiger partial charge in [0.25, 0.3) is 0 Å². The van der Waals surface area contributed by atoms with Gasteiger partial charge in [-0.3, -0.25) is 4.79 Å². The molecule has 18 heavy (non-hydrogen) atoms. The Bertz CT molecular complexity index is 398. The van der Waals surface area contributed by atoms with E-state index in [0.29, 0.717) is 18.6 Å². The Morgan fingerprint density at radius 3 is 3.00 bits per heavy atom. The summed E-state index contributed by atoms with van der Waals surface area (Å²) in [4.78, 5) is 11.9. The van der Waals surface area contributed by atoms with Gasteiger partial charge in [-0.2, -0.15) is 0 Å². The number of rotatable bonds is 6. The van der Waals surface area contributed by atoms with E-state index in [-0.39, 0.29) is 6.10 Å². The first-order valence-corrected chi connectivity index (χ1v) is 7.02. The zero-order chi connectivity index (χ0) is 12.8. The molecule has 1 aliphatic heterocycles. The van der Waals surface area contributed by atoms with Crippen LogP contribution >= 0.6 is 0 Å². The Morgan fingerprint density at radius 2 is 2.17 bits per heavy atom. The molecule has 2 heteroatoms. The Kier molecular flexibility index (Phi) is 4.94. The lowest BCUT2D eigenvalue weighted by Crippen LogP contribution is -2.19. The lowest BCUT2D eigenvalue weighted by Gasteiger charge is -2.25. The second-order valence-corrected chi connectivity index (χ2v) is 5.01. The molecule has 0 radical (unpaired) electrons. The fraction of sp³-hybridized carbons (Fsp3) is 0.562. The maximum absolute atomic E-state index is 11.9. The van der Waals surface area contributed by atoms with Crippen LogP contribution in [0.5, 0.6) is 0 Å². The molecule has 0 aromatic heterocycles. The quantitative estimate of drug-likeness (QED) is 0.713. The molecule has 0 spiro atoms. The minimum atomic E-state index is -0.0101. The number of benzene rings is 1. The molecule has 0 N–H and O–H groups in total. The van der Waals surface area contributed by atoms with E-state index in [2.05, 4.69) is 25.1 Å². The summed E-state index contributed by atoms with van der Waals surface area (Å²) in [6, 6.07) is 8.33. The first-order valence-electron chi connectivity index (χ1n) is 7.02. The van der Waals surface area contributed by atoms with Crippen LogP contribution in [0.1, 0.15) is 56.3 Å². The van der Waals surface area contributed by atoms with E-state index in [9.17, 15) is 4.79 Å². The van der Waals surface area contributed by atoms with Gasteiger partial charge in [-0.1, -0.05) is 44.0 Å². The third-order valence-electron chi connectivity index (χ3n) is 3.56. The van der Waals surface area contributed by atoms with Gasteiger partial charge in [-0.15, -0.1) is 0 Å². The summed E-state index contributed by atoms with van der Waals surface area (Å²) >= 11 is 0. The molecule has 0 bridgehead atoms. The SMILES string of the molecule is CCCCCC(=O)CC1OCCc2ccccc21. The number of carbonyl (C=O) groups is 1. The van der Waals surface area contributed by atoms with Crippen molar-refractivity contribution in [1.82, 2.24) is 0 Å². The van der Waals surface area contributed by atoms with Gasteiger partial charge in [-0.25, -0.2) is 0 Å². The van der Waals surface area contributed by atoms with E-state index in [1.807, 2.05) is 6.07 Å². The molecule has 2 rings (SSSR count). The first-order chi connectivity index (χ1) is 8.81. The highest BCUT2D eigenvalue weighted by atomic mass is 16.5. The van der Waals surface area contributed by atoms with E-state index in [1.165, 1.54) is 11.1 Å². The Balaban J connectivity index is 1.92. The van der Waals surface area contributed by atoms with Crippen LogP contribution in [0.2, 0.25) is 0 Å². The summed E-state index contributed by atoms with van der Waals surface area (Å²) in [5, 5.41) is 0. The highest BCUT2D eigenvalue weighted by molar-refractivity contribution is 5.79. The van der Waals surface area contributed by atoms with Gasteiger partial charge >= 0.3 is 0 Å². The molecular weight excluding hydrogens is 224 g/mol. The van der Waals surface area contributed by atoms with Crippen LogP contribution in [0.4, 0.5) is 0 Å². The number of unbranched alkanes of at least 4 members (excludes halogenated alkanes) is 2. The average Bonchev–Trinajstić information content (AvgIpc) is 2.39. The predicted molar refractivity (Wildman–Crippen MR) is 72.6 cm³/mol. The highest BCUT2D eigenvalue weighted by Gasteiger charge is 2.22. The van der Waals surface area contributed by atoms with E-state index in [0.717, 1.165) is 32.3 Å². The summed E-state index contributed by atoms with van der Waals surface area (Å²) in [7, 11) is 0. The lowest BCUT2D eigenvalue weighted by molar-refractivity contribution is -0.122. The average molecular weight is 246 g/mol. The monoisotopic (exact) mass is 246 g/mol. The Labute approximate surface area is 109 Å². The van der Waals surface area contributed by atoms with Gasteiger partial charge < -0.3 is 4.74 Å². The molecule has 1 heterocycles. The van der Waals surface area contributed by atoms with E-state index in [4.69, 9.17) is 4.74 Å². The van der Waals surface area contributed by atoms with Crippen molar-refractivity contribution in [3.8, 4) is 0 Å². The second kappa shape index (κ2) is 6.69. The first kappa shape index (κ1) is 13.3. The topological polar surface area (TPSA) is 26.3 Å². The molecule has 2 nitrogen and oxygen atoms in total. The van der Waals surface area contributed by atoms with Crippen LogP contribution in [-0.2, 0) is 16.0 Å². The summed E-state index contributed by atoms with van der Waals surface area (Å²) in [6.07, 6.45) is 5.53. The Hall–Kier alpha value is -1.15. The van der Waals surface area contributed by atoms with E-state index >= 15 is 0 Å². The van der Waals surface area contributed by atoms with Crippen LogP contribution in [0.3, 0.4) is 0 Å². The maximum Gasteiger partial charge on any atom is 0.135 e. The molecular formula is C16H22O2. The molecule has 0 aliphatic carbocycles. The predicted octanol–water partition coefficient (Wildman–Crippen LogP) is 3.84. The molecule has 98 valence electrons. The fourth-order valence-electron chi connectivity index (χ4n) is 2.53. The smallest absolute Gasteiger partial charge is 0.135 e. The highest BCUT2D eigenvalue weighted by Crippen LogP contribution is 2.30. The van der Waals surface area contributed by atoms with Gasteiger partial charge in [0.2, 0.25) is 0 Å². The number of carbonyl (C=O) groups excluding carboxylic acids is 1. The fourth-order valence-corrected chi connectivity index (χ4v) is 2.53. The summed E-state index contributed by atoms with van der Waals surface area (Å²) in [5.74, 6) is 0.338. The molecule has 1 unspecified atom stereocenters. The van der Waals surface area contributed by atoms with Crippen molar-refractivity contribution in [2.75, 3.05) is 6.61 Å². The number of hydrogen-bond acceptors (Lipinski definition) is 2. The maximum atomic E-state index is 11.9. The summed E-state index contributed by atoms with van der Waals surface area (Å²) in [6.45, 7) is 2.90. The minimum absolute atomic E-state index is 0.0101. The zero-order valence-electron chi connectivity index (χ0n) is 11.2. The zero-order valence-corrected chi connectivity index (χ0v) is 11.2. The van der Waals surface area contributed by atoms with Crippen LogP contribution < -0.4 is 0 Å². The second-order valence-electron chi connectivity index (χ2n) is 5.01. The van der Waals surface area contributed by atoms with Gasteiger partial charge in [0.15, 0.2) is 0 Å². The van der Waals surface area contributed by atoms with Crippen molar-refractivity contribution >= 4 is 5.78 Å². The number of fused-ring (bicyclic) bond motifs is 1. The number of hydrogen-bond donors (Lipinski definition) is 0. The van der Waals surface area contributed by atoms with E-state index in [1.54, 1.807) is 0 Å². The Morgan fingerprint density at radius 1 is 1.33 bits per heavy atom. The minimum Gasteiger partial charge on any atom is -0.373 e. The van der Waals surface area contributed by atoms with Crippen LogP contribution in [0, 0.1) is 0 Å². The molecule has 1 aliphatic rings. The lowest BCUT2D eigenvalue weighted by atomic mass is 9.93. The number of ketones is 1. The molecule has 0 amide bonds. The number of ether oxygens (including phenoxy) is 1. The summed E-state index contributed by atoms with van der Waals surface area (Å²) < 4.78 is 5.76. The normalized spacial score (nSPS) is 18.4. The van der Waals surface area contributed by atoms with Crippen molar-refractivity contribution < 1.29 is 9.53 Å². The van der Waals surface area contributed by atoms with Crippen molar-refractivity contribution in [2.24, 2.45) is 0 Å². The standard InChI is InChI=1S/C16H22O2/c1-2-3-4-8-14(17)12-16-15-9-6-5-7-13(15)10-11-18-16/h5-7,9,16H,2-4,8,10-12H2,1H3. The molecule has 1 aromatic rings. The van der Waals surface area contributed by atoms with Gasteiger partial charge in [0.05, 0.1) is 12.7 Å². The van der Waals surface area contributed by atoms with Crippen molar-refractivity contribution in [1.29, 1.82) is 0 Å². The van der Waals surface area contributed by atoms with Crippen molar-refractivity contribution in [2.45, 2.75) is 51.6 Å². The third kappa shape index (κ3) is 3.42. The molecule has 0 fully saturated rings. The number of Topliss-reactive ketones (excluding diaryl/α,β-unsaturated/α-hetero) is 1. The molecule has 0 saturated heterocycles. The van der Waals surface area contributed by atoms with Crippen LogP contribution in [-0.4, -0.2) is 12.4 Å². The molecule has 1 aromatic carbocycles. The van der Waals surface area contributed by atoms with Gasteiger partial charge in [0.1, 0.15) is 5.78 Å². The van der Waals surface area contributed by atoms with E-state index < -0.39 is 0 Å². The summed E-state index contributed by atoms with van der Waals surface area (Å²) in [5.41, 5.74) is 2.56. The van der Waals surface area contributed by atoms with Gasteiger partial charge in [-0.05, 0) is 24.0 Å². The largest absolute Gasteiger partial charge is 0.373 e. The molecule has 0 saturated carbocycles. The third-order valence-corrected chi connectivity index (χ3v) is 3.56. The molecule has 1 atom stereocenters. The van der Waals surface area contributed by atoms with Crippen LogP contribution in [0.15, 0.2) is 24.3 Å². The van der Waals surface area contributed by atoms with Crippen molar-refractivity contribution in [3.05, 3.63) is 35.4 Å². The van der Waals surface area contributed by atoms with Gasteiger partial charge in [0, 0.05) is 12.8 Å². The van der Waals surface area contributed by atoms with Crippen LogP contribution in [0.25, 0.3) is 0 Å². The van der Waals surface area contributed by atoms with Crippen molar-refractivity contribution in [3.63, 3.8) is 0 Å².